The molecule has 2 N–H and O–H groups in total. The van der Waals surface area contributed by atoms with Crippen LogP contribution in [-0.4, -0.2) is 18.5 Å². The van der Waals surface area contributed by atoms with E-state index in [0.29, 0.717) is 18.8 Å². The molecule has 1 aliphatic rings. The number of thioether (sulfide) groups is 1. The molecular weight excluding hydrogens is 244 g/mol. The molecule has 1 saturated heterocycles. The summed E-state index contributed by atoms with van der Waals surface area (Å²) in [4.78, 5) is 0.106. The summed E-state index contributed by atoms with van der Waals surface area (Å²) >= 11 is 1.27. The van der Waals surface area contributed by atoms with Crippen molar-refractivity contribution in [1.29, 1.82) is 0 Å². The molecule has 0 atom stereocenters. The Hall–Kier alpha value is -0.650. The predicted molar refractivity (Wildman–Crippen MR) is 63.9 cm³/mol. The van der Waals surface area contributed by atoms with Gasteiger partial charge in [0, 0.05) is 25.0 Å². The van der Waals surface area contributed by atoms with Crippen molar-refractivity contribution in [3.63, 3.8) is 0 Å². The van der Waals surface area contributed by atoms with E-state index < -0.39 is 11.6 Å². The van der Waals surface area contributed by atoms with Crippen molar-refractivity contribution >= 4 is 11.8 Å². The number of rotatable bonds is 3. The third-order valence-electron chi connectivity index (χ3n) is 2.75. The molecule has 0 saturated carbocycles. The Kier molecular flexibility index (Phi) is 4.36. The number of benzene rings is 1. The Morgan fingerprint density at radius 2 is 1.82 bits per heavy atom. The van der Waals surface area contributed by atoms with Gasteiger partial charge in [0.2, 0.25) is 0 Å². The standard InChI is InChI=1S/C12H15F2NOS/c13-10-5-8(7-15)6-11(14)12(10)17-9-1-3-16-4-2-9/h5-6,9H,1-4,7,15H2. The summed E-state index contributed by atoms with van der Waals surface area (Å²) in [6, 6.07) is 2.62. The Morgan fingerprint density at radius 1 is 1.24 bits per heavy atom. The van der Waals surface area contributed by atoms with E-state index in [1.165, 1.54) is 23.9 Å². The lowest BCUT2D eigenvalue weighted by atomic mass is 10.2. The van der Waals surface area contributed by atoms with E-state index in [-0.39, 0.29) is 16.7 Å². The van der Waals surface area contributed by atoms with Gasteiger partial charge in [-0.1, -0.05) is 0 Å². The van der Waals surface area contributed by atoms with Crippen LogP contribution in [0.1, 0.15) is 18.4 Å². The molecule has 0 amide bonds. The number of hydrogen-bond donors (Lipinski definition) is 1. The molecule has 0 unspecified atom stereocenters. The van der Waals surface area contributed by atoms with Crippen LogP contribution in [0, 0.1) is 11.6 Å². The van der Waals surface area contributed by atoms with Crippen LogP contribution in [0.4, 0.5) is 8.78 Å². The fourth-order valence-electron chi connectivity index (χ4n) is 1.80. The predicted octanol–water partition coefficient (Wildman–Crippen LogP) is 2.69. The summed E-state index contributed by atoms with van der Waals surface area (Å²) in [6.07, 6.45) is 1.67. The second-order valence-electron chi connectivity index (χ2n) is 4.02. The molecule has 5 heteroatoms. The lowest BCUT2D eigenvalue weighted by Crippen LogP contribution is -2.17. The molecule has 1 aliphatic heterocycles. The monoisotopic (exact) mass is 259 g/mol. The van der Waals surface area contributed by atoms with Crippen molar-refractivity contribution in [2.24, 2.45) is 5.73 Å². The lowest BCUT2D eigenvalue weighted by molar-refractivity contribution is 0.1000. The van der Waals surface area contributed by atoms with Crippen LogP contribution in [-0.2, 0) is 11.3 Å². The molecule has 2 rings (SSSR count). The van der Waals surface area contributed by atoms with Gasteiger partial charge in [-0.15, -0.1) is 11.8 Å². The Balaban J connectivity index is 2.14. The van der Waals surface area contributed by atoms with E-state index in [2.05, 4.69) is 0 Å². The molecule has 0 aromatic heterocycles. The van der Waals surface area contributed by atoms with E-state index in [1.807, 2.05) is 0 Å². The summed E-state index contributed by atoms with van der Waals surface area (Å²) < 4.78 is 32.6. The van der Waals surface area contributed by atoms with Crippen LogP contribution in [0.25, 0.3) is 0 Å². The Morgan fingerprint density at radius 3 is 2.35 bits per heavy atom. The maximum Gasteiger partial charge on any atom is 0.140 e. The summed E-state index contributed by atoms with van der Waals surface area (Å²) in [5.74, 6) is -1.02. The van der Waals surface area contributed by atoms with Crippen molar-refractivity contribution in [1.82, 2.24) is 0 Å². The highest BCUT2D eigenvalue weighted by molar-refractivity contribution is 8.00. The van der Waals surface area contributed by atoms with E-state index in [1.54, 1.807) is 0 Å². The number of nitrogens with two attached hydrogens (primary N) is 1. The molecule has 0 bridgehead atoms. The molecule has 2 nitrogen and oxygen atoms in total. The normalized spacial score (nSPS) is 17.4. The smallest absolute Gasteiger partial charge is 0.140 e. The number of halogens is 2. The molecule has 1 aromatic carbocycles. The van der Waals surface area contributed by atoms with Gasteiger partial charge in [0.1, 0.15) is 11.6 Å². The molecule has 17 heavy (non-hydrogen) atoms. The van der Waals surface area contributed by atoms with Crippen molar-refractivity contribution in [2.75, 3.05) is 13.2 Å². The Bertz CT molecular complexity index is 371. The minimum absolute atomic E-state index is 0.106. The molecule has 1 aromatic rings. The summed E-state index contributed by atoms with van der Waals surface area (Å²) in [6.45, 7) is 1.49. The topological polar surface area (TPSA) is 35.2 Å². The van der Waals surface area contributed by atoms with Gasteiger partial charge in [-0.2, -0.15) is 0 Å². The summed E-state index contributed by atoms with van der Waals surface area (Å²) in [7, 11) is 0. The maximum absolute atomic E-state index is 13.7. The van der Waals surface area contributed by atoms with Crippen molar-refractivity contribution in [3.05, 3.63) is 29.3 Å². The molecule has 1 heterocycles. The molecule has 0 aliphatic carbocycles. The van der Waals surface area contributed by atoms with Crippen LogP contribution >= 0.6 is 11.8 Å². The fraction of sp³-hybridized carbons (Fsp3) is 0.500. The number of ether oxygens (including phenoxy) is 1. The summed E-state index contributed by atoms with van der Waals surface area (Å²) in [5, 5.41) is 0.233. The zero-order chi connectivity index (χ0) is 12.3. The van der Waals surface area contributed by atoms with E-state index in [9.17, 15) is 8.78 Å². The highest BCUT2D eigenvalue weighted by Crippen LogP contribution is 2.33. The van der Waals surface area contributed by atoms with Gasteiger partial charge < -0.3 is 10.5 Å². The third kappa shape index (κ3) is 3.18. The van der Waals surface area contributed by atoms with E-state index in [4.69, 9.17) is 10.5 Å². The third-order valence-corrected chi connectivity index (χ3v) is 4.18. The van der Waals surface area contributed by atoms with Crippen molar-refractivity contribution < 1.29 is 13.5 Å². The molecule has 1 fully saturated rings. The van der Waals surface area contributed by atoms with Gasteiger partial charge in [-0.05, 0) is 30.5 Å². The van der Waals surface area contributed by atoms with Crippen LogP contribution in [0.2, 0.25) is 0 Å². The second kappa shape index (κ2) is 5.80. The van der Waals surface area contributed by atoms with Gasteiger partial charge in [0.15, 0.2) is 0 Å². The minimum Gasteiger partial charge on any atom is -0.381 e. The van der Waals surface area contributed by atoms with Gasteiger partial charge >= 0.3 is 0 Å². The highest BCUT2D eigenvalue weighted by Gasteiger charge is 2.19. The largest absolute Gasteiger partial charge is 0.381 e. The maximum atomic E-state index is 13.7. The first-order chi connectivity index (χ1) is 8.20. The first-order valence-corrected chi connectivity index (χ1v) is 6.51. The average molecular weight is 259 g/mol. The van der Waals surface area contributed by atoms with E-state index in [0.717, 1.165) is 12.8 Å². The van der Waals surface area contributed by atoms with Gasteiger partial charge in [0.25, 0.3) is 0 Å². The van der Waals surface area contributed by atoms with Crippen molar-refractivity contribution in [3.8, 4) is 0 Å². The molecule has 94 valence electrons. The zero-order valence-electron chi connectivity index (χ0n) is 9.42. The van der Waals surface area contributed by atoms with Gasteiger partial charge in [0.05, 0.1) is 4.90 Å². The van der Waals surface area contributed by atoms with Gasteiger partial charge in [-0.3, -0.25) is 0 Å². The van der Waals surface area contributed by atoms with E-state index >= 15 is 0 Å². The van der Waals surface area contributed by atoms with Crippen LogP contribution in [0.5, 0.6) is 0 Å². The minimum atomic E-state index is -0.512. The first kappa shape index (κ1) is 12.8. The van der Waals surface area contributed by atoms with Crippen molar-refractivity contribution in [2.45, 2.75) is 29.5 Å². The van der Waals surface area contributed by atoms with Crippen LogP contribution in [0.3, 0.4) is 0 Å². The quantitative estimate of drug-likeness (QED) is 0.906. The first-order valence-electron chi connectivity index (χ1n) is 5.63. The Labute approximate surface area is 104 Å². The fourth-order valence-corrected chi connectivity index (χ4v) is 2.91. The van der Waals surface area contributed by atoms with Gasteiger partial charge in [-0.25, -0.2) is 8.78 Å². The van der Waals surface area contributed by atoms with Crippen LogP contribution in [0.15, 0.2) is 17.0 Å². The average Bonchev–Trinajstić information content (AvgIpc) is 2.35. The summed E-state index contributed by atoms with van der Waals surface area (Å²) in [5.41, 5.74) is 5.85. The highest BCUT2D eigenvalue weighted by atomic mass is 32.2. The van der Waals surface area contributed by atoms with Crippen LogP contribution < -0.4 is 5.73 Å². The second-order valence-corrected chi connectivity index (χ2v) is 5.33. The molecule has 0 spiro atoms. The SMILES string of the molecule is NCc1cc(F)c(SC2CCOCC2)c(F)c1. The lowest BCUT2D eigenvalue weighted by Gasteiger charge is -2.21. The number of hydrogen-bond acceptors (Lipinski definition) is 3. The molecular formula is C12H15F2NOS. The zero-order valence-corrected chi connectivity index (χ0v) is 10.2. The molecule has 0 radical (unpaired) electrons.